The molecule has 94 valence electrons. The van der Waals surface area contributed by atoms with Gasteiger partial charge in [0.15, 0.2) is 0 Å². The van der Waals surface area contributed by atoms with Crippen molar-refractivity contribution in [1.82, 2.24) is 10.2 Å². The summed E-state index contributed by atoms with van der Waals surface area (Å²) in [6, 6.07) is -0.160. The number of hydrogen-bond acceptors (Lipinski definition) is 3. The number of nitrogens with two attached hydrogens (primary N) is 1. The zero-order chi connectivity index (χ0) is 12.0. The first-order chi connectivity index (χ1) is 7.63. The number of nitrogens with one attached hydrogen (secondary N) is 1. The van der Waals surface area contributed by atoms with E-state index in [2.05, 4.69) is 17.1 Å². The Morgan fingerprint density at radius 1 is 1.38 bits per heavy atom. The van der Waals surface area contributed by atoms with Crippen molar-refractivity contribution in [2.45, 2.75) is 51.6 Å². The monoisotopic (exact) mass is 227 g/mol. The summed E-state index contributed by atoms with van der Waals surface area (Å²) >= 11 is 0. The number of piperidine rings is 1. The molecule has 0 bridgehead atoms. The van der Waals surface area contributed by atoms with Gasteiger partial charge in [-0.15, -0.1) is 0 Å². The summed E-state index contributed by atoms with van der Waals surface area (Å²) in [6.07, 6.45) is 4.62. The van der Waals surface area contributed by atoms with Gasteiger partial charge in [-0.1, -0.05) is 13.3 Å². The van der Waals surface area contributed by atoms with Gasteiger partial charge in [0.25, 0.3) is 0 Å². The molecule has 4 nitrogen and oxygen atoms in total. The molecule has 0 spiro atoms. The topological polar surface area (TPSA) is 58.4 Å². The van der Waals surface area contributed by atoms with Crippen LogP contribution in [0.1, 0.15) is 39.5 Å². The van der Waals surface area contributed by atoms with Crippen LogP contribution in [0.25, 0.3) is 0 Å². The van der Waals surface area contributed by atoms with E-state index in [-0.39, 0.29) is 18.0 Å². The van der Waals surface area contributed by atoms with Crippen molar-refractivity contribution >= 4 is 5.91 Å². The molecule has 0 radical (unpaired) electrons. The van der Waals surface area contributed by atoms with Crippen molar-refractivity contribution in [3.05, 3.63) is 0 Å². The molecule has 1 rings (SSSR count). The Bertz CT molecular complexity index is 214. The van der Waals surface area contributed by atoms with Crippen LogP contribution in [-0.4, -0.2) is 42.5 Å². The Balaban J connectivity index is 2.23. The van der Waals surface area contributed by atoms with E-state index >= 15 is 0 Å². The largest absolute Gasteiger partial charge is 0.351 e. The second-order valence-corrected chi connectivity index (χ2v) is 4.79. The molecule has 0 saturated carbocycles. The van der Waals surface area contributed by atoms with Crippen LogP contribution >= 0.6 is 0 Å². The lowest BCUT2D eigenvalue weighted by atomic mass is 10.1. The Hall–Kier alpha value is -0.610. The van der Waals surface area contributed by atoms with Gasteiger partial charge in [-0.25, -0.2) is 0 Å². The van der Waals surface area contributed by atoms with Crippen LogP contribution in [0.2, 0.25) is 0 Å². The molecule has 1 aliphatic heterocycles. The molecule has 1 aliphatic rings. The van der Waals surface area contributed by atoms with Gasteiger partial charge >= 0.3 is 0 Å². The third-order valence-corrected chi connectivity index (χ3v) is 3.15. The molecule has 1 unspecified atom stereocenters. The van der Waals surface area contributed by atoms with Crippen LogP contribution in [-0.2, 0) is 4.79 Å². The fraction of sp³-hybridized carbons (Fsp3) is 0.917. The molecule has 0 aliphatic carbocycles. The Morgan fingerprint density at radius 2 is 2.00 bits per heavy atom. The van der Waals surface area contributed by atoms with Gasteiger partial charge in [0.05, 0.1) is 6.04 Å². The molecule has 16 heavy (non-hydrogen) atoms. The number of likely N-dealkylation sites (tertiary alicyclic amines) is 1. The summed E-state index contributed by atoms with van der Waals surface area (Å²) in [4.78, 5) is 14.0. The second kappa shape index (κ2) is 6.86. The number of carbonyl (C=O) groups excluding carboxylic acids is 1. The smallest absolute Gasteiger partial charge is 0.237 e. The number of hydrogen-bond donors (Lipinski definition) is 2. The van der Waals surface area contributed by atoms with Gasteiger partial charge in [0.2, 0.25) is 5.91 Å². The third kappa shape index (κ3) is 4.49. The van der Waals surface area contributed by atoms with Gasteiger partial charge in [-0.05, 0) is 39.3 Å². The number of carbonyl (C=O) groups is 1. The molecule has 3 N–H and O–H groups in total. The Morgan fingerprint density at radius 3 is 2.56 bits per heavy atom. The Kier molecular flexibility index (Phi) is 5.77. The molecule has 4 heteroatoms. The van der Waals surface area contributed by atoms with E-state index in [1.807, 2.05) is 6.92 Å². The minimum Gasteiger partial charge on any atom is -0.351 e. The van der Waals surface area contributed by atoms with Crippen LogP contribution in [0.15, 0.2) is 0 Å². The first-order valence-electron chi connectivity index (χ1n) is 6.41. The van der Waals surface area contributed by atoms with E-state index in [4.69, 9.17) is 5.73 Å². The SMILES string of the molecule is CC[C@@H](N)C(=O)NC(C)CN1CCCCC1. The standard InChI is InChI=1S/C12H25N3O/c1-3-11(13)12(16)14-10(2)9-15-7-5-4-6-8-15/h10-11H,3-9,13H2,1-2H3,(H,14,16)/t10?,11-/m1/s1. The van der Waals surface area contributed by atoms with E-state index in [1.54, 1.807) is 0 Å². The van der Waals surface area contributed by atoms with Crippen molar-refractivity contribution in [3.63, 3.8) is 0 Å². The maximum atomic E-state index is 11.6. The molecule has 1 saturated heterocycles. The molecule has 0 aromatic heterocycles. The molecule has 1 heterocycles. The first kappa shape index (κ1) is 13.5. The lowest BCUT2D eigenvalue weighted by Gasteiger charge is -2.29. The van der Waals surface area contributed by atoms with Crippen molar-refractivity contribution in [3.8, 4) is 0 Å². The molecule has 0 aromatic carbocycles. The van der Waals surface area contributed by atoms with Crippen molar-refractivity contribution in [1.29, 1.82) is 0 Å². The summed E-state index contributed by atoms with van der Waals surface area (Å²) in [5, 5.41) is 2.97. The van der Waals surface area contributed by atoms with Gasteiger partial charge < -0.3 is 16.0 Å². The number of rotatable bonds is 5. The van der Waals surface area contributed by atoms with E-state index < -0.39 is 0 Å². The Labute approximate surface area is 98.6 Å². The summed E-state index contributed by atoms with van der Waals surface area (Å²) in [5.41, 5.74) is 5.67. The van der Waals surface area contributed by atoms with Gasteiger partial charge in [0, 0.05) is 12.6 Å². The molecular weight excluding hydrogens is 202 g/mol. The average molecular weight is 227 g/mol. The average Bonchev–Trinajstić information content (AvgIpc) is 2.29. The quantitative estimate of drug-likeness (QED) is 0.727. The van der Waals surface area contributed by atoms with Crippen LogP contribution in [0.3, 0.4) is 0 Å². The minimum atomic E-state index is -0.358. The molecule has 0 aromatic rings. The van der Waals surface area contributed by atoms with Crippen LogP contribution < -0.4 is 11.1 Å². The van der Waals surface area contributed by atoms with Crippen molar-refractivity contribution in [2.24, 2.45) is 5.73 Å². The summed E-state index contributed by atoms with van der Waals surface area (Å²) in [7, 11) is 0. The van der Waals surface area contributed by atoms with E-state index in [0.29, 0.717) is 6.42 Å². The van der Waals surface area contributed by atoms with Crippen LogP contribution in [0, 0.1) is 0 Å². The van der Waals surface area contributed by atoms with Crippen molar-refractivity contribution in [2.75, 3.05) is 19.6 Å². The second-order valence-electron chi connectivity index (χ2n) is 4.79. The predicted molar refractivity (Wildman–Crippen MR) is 66.2 cm³/mol. The fourth-order valence-electron chi connectivity index (χ4n) is 2.11. The number of nitrogens with zero attached hydrogens (tertiary/aromatic N) is 1. The first-order valence-corrected chi connectivity index (χ1v) is 6.41. The predicted octanol–water partition coefficient (Wildman–Crippen LogP) is 0.714. The van der Waals surface area contributed by atoms with Crippen molar-refractivity contribution < 1.29 is 4.79 Å². The van der Waals surface area contributed by atoms with Crippen LogP contribution in [0.4, 0.5) is 0 Å². The lowest BCUT2D eigenvalue weighted by Crippen LogP contribution is -2.48. The van der Waals surface area contributed by atoms with Gasteiger partial charge in [-0.3, -0.25) is 4.79 Å². The summed E-state index contributed by atoms with van der Waals surface area (Å²) in [5.74, 6) is -0.0213. The zero-order valence-corrected chi connectivity index (χ0v) is 10.5. The summed E-state index contributed by atoms with van der Waals surface area (Å²) < 4.78 is 0. The van der Waals surface area contributed by atoms with E-state index in [0.717, 1.165) is 6.54 Å². The fourth-order valence-corrected chi connectivity index (χ4v) is 2.11. The highest BCUT2D eigenvalue weighted by molar-refractivity contribution is 5.81. The van der Waals surface area contributed by atoms with Gasteiger partial charge in [-0.2, -0.15) is 0 Å². The number of amides is 1. The summed E-state index contributed by atoms with van der Waals surface area (Å²) in [6.45, 7) is 7.26. The molecule has 2 atom stereocenters. The van der Waals surface area contributed by atoms with E-state index in [1.165, 1.54) is 32.4 Å². The molecule has 1 amide bonds. The zero-order valence-electron chi connectivity index (χ0n) is 10.5. The van der Waals surface area contributed by atoms with E-state index in [9.17, 15) is 4.79 Å². The lowest BCUT2D eigenvalue weighted by molar-refractivity contribution is -0.123. The normalized spacial score (nSPS) is 21.4. The minimum absolute atomic E-state index is 0.0213. The highest BCUT2D eigenvalue weighted by atomic mass is 16.2. The highest BCUT2D eigenvalue weighted by Crippen LogP contribution is 2.08. The molecule has 1 fully saturated rings. The third-order valence-electron chi connectivity index (χ3n) is 3.15. The highest BCUT2D eigenvalue weighted by Gasteiger charge is 2.17. The maximum absolute atomic E-state index is 11.6. The van der Waals surface area contributed by atoms with Crippen LogP contribution in [0.5, 0.6) is 0 Å². The molecular formula is C12H25N3O. The van der Waals surface area contributed by atoms with Gasteiger partial charge in [0.1, 0.15) is 0 Å². The maximum Gasteiger partial charge on any atom is 0.237 e.